The number of fused-ring (bicyclic) bond motifs is 1. The monoisotopic (exact) mass is 512 g/mol. The summed E-state index contributed by atoms with van der Waals surface area (Å²) in [5.41, 5.74) is 8.39. The van der Waals surface area contributed by atoms with Gasteiger partial charge in [-0.25, -0.2) is 9.78 Å². The van der Waals surface area contributed by atoms with E-state index in [9.17, 15) is 9.59 Å². The third-order valence-corrected chi connectivity index (χ3v) is 8.59. The van der Waals surface area contributed by atoms with Crippen molar-refractivity contribution in [3.05, 3.63) is 89.6 Å². The van der Waals surface area contributed by atoms with Crippen LogP contribution in [0.4, 0.5) is 4.79 Å². The number of nitrogens with zero attached hydrogens (tertiary/aromatic N) is 3. The Morgan fingerprint density at radius 1 is 1.15 bits per heavy atom. The molecule has 1 unspecified atom stereocenters. The fourth-order valence-electron chi connectivity index (χ4n) is 3.68. The summed E-state index contributed by atoms with van der Waals surface area (Å²) in [5.74, 6) is 1.01. The van der Waals surface area contributed by atoms with Crippen LogP contribution in [0.25, 0.3) is 0 Å². The van der Waals surface area contributed by atoms with Crippen LogP contribution in [0, 0.1) is 0 Å². The second kappa shape index (κ2) is 10.2. The molecule has 5 rings (SSSR count). The van der Waals surface area contributed by atoms with Gasteiger partial charge >= 0.3 is 6.16 Å². The molecule has 2 atom stereocenters. The Kier molecular flexibility index (Phi) is 6.86. The molecule has 11 heteroatoms. The van der Waals surface area contributed by atoms with Gasteiger partial charge in [-0.05, 0) is 22.7 Å². The first-order valence-electron chi connectivity index (χ1n) is 10.4. The number of hydrogen-bond acceptors (Lipinski definition) is 10. The average Bonchev–Trinajstić information content (AvgIpc) is 3.40. The highest BCUT2D eigenvalue weighted by molar-refractivity contribution is 8.01. The number of carbonyl (C=O) groups is 2. The molecule has 0 bridgehead atoms. The van der Waals surface area contributed by atoms with Crippen LogP contribution < -0.4 is 5.73 Å². The first-order chi connectivity index (χ1) is 16.6. The Morgan fingerprint density at radius 3 is 2.44 bits per heavy atom. The maximum absolute atomic E-state index is 13.0. The first kappa shape index (κ1) is 22.9. The Bertz CT molecular complexity index is 1150. The van der Waals surface area contributed by atoms with Crippen LogP contribution in [0.2, 0.25) is 0 Å². The summed E-state index contributed by atoms with van der Waals surface area (Å²) in [4.78, 5) is 31.2. The van der Waals surface area contributed by atoms with E-state index < -0.39 is 18.3 Å². The van der Waals surface area contributed by atoms with E-state index in [4.69, 9.17) is 15.2 Å². The maximum atomic E-state index is 13.0. The number of hydrogen-bond donors (Lipinski definition) is 1. The van der Waals surface area contributed by atoms with Crippen LogP contribution in [0.5, 0.6) is 0 Å². The van der Waals surface area contributed by atoms with Crippen molar-refractivity contribution >= 4 is 47.1 Å². The molecule has 2 N–H and O–H groups in total. The standard InChI is InChI=1S/C23H20N4O4S3/c24-17-19(28)27-20(16(11-32-21(17)27)12-33-22-25-13-26-34-22)31-23(29)30-18(14-7-3-1-4-8-14)15-9-5-2-6-10-15/h1-10,13,17-18,21H,11-12,24H2/t17?,21-/m0/s1. The normalized spacial score (nSPS) is 19.6. The smallest absolute Gasteiger partial charge is 0.421 e. The number of amides is 1. The molecule has 1 saturated heterocycles. The van der Waals surface area contributed by atoms with Crippen LogP contribution in [-0.2, 0) is 14.3 Å². The van der Waals surface area contributed by atoms with Crippen molar-refractivity contribution in [1.82, 2.24) is 14.3 Å². The SMILES string of the molecule is NC1C(=O)N2C(OC(=O)OC(c3ccccc3)c3ccccc3)=C(CSc3ncns3)CS[C@@H]12. The van der Waals surface area contributed by atoms with Gasteiger partial charge in [0.1, 0.15) is 17.7 Å². The van der Waals surface area contributed by atoms with E-state index in [1.165, 1.54) is 34.5 Å². The highest BCUT2D eigenvalue weighted by Crippen LogP contribution is 2.41. The topological polar surface area (TPSA) is 108 Å². The lowest BCUT2D eigenvalue weighted by atomic mass is 10.0. The zero-order chi connectivity index (χ0) is 23.5. The zero-order valence-corrected chi connectivity index (χ0v) is 20.2. The molecule has 8 nitrogen and oxygen atoms in total. The fourth-order valence-corrected chi connectivity index (χ4v) is 6.52. The molecule has 2 aromatic carbocycles. The minimum Gasteiger partial charge on any atom is -0.421 e. The van der Waals surface area contributed by atoms with Gasteiger partial charge in [-0.3, -0.25) is 9.69 Å². The molecular formula is C23H20N4O4S3. The number of ether oxygens (including phenoxy) is 2. The molecule has 1 amide bonds. The molecule has 3 aromatic rings. The lowest BCUT2D eigenvalue weighted by Crippen LogP contribution is -2.68. The summed E-state index contributed by atoms with van der Waals surface area (Å²) in [7, 11) is 0. The van der Waals surface area contributed by atoms with Gasteiger partial charge in [0.05, 0.1) is 0 Å². The van der Waals surface area contributed by atoms with Gasteiger partial charge in [0.25, 0.3) is 0 Å². The van der Waals surface area contributed by atoms with Gasteiger partial charge in [-0.1, -0.05) is 72.4 Å². The first-order valence-corrected chi connectivity index (χ1v) is 13.2. The third kappa shape index (κ3) is 4.69. The van der Waals surface area contributed by atoms with Crippen LogP contribution in [0.3, 0.4) is 0 Å². The highest BCUT2D eigenvalue weighted by Gasteiger charge is 2.51. The van der Waals surface area contributed by atoms with Gasteiger partial charge < -0.3 is 15.2 Å². The summed E-state index contributed by atoms with van der Waals surface area (Å²) in [6.45, 7) is 0. The Hall–Kier alpha value is -2.86. The molecule has 2 aliphatic rings. The van der Waals surface area contributed by atoms with Gasteiger partial charge in [-0.2, -0.15) is 4.37 Å². The van der Waals surface area contributed by atoms with E-state index in [-0.39, 0.29) is 17.2 Å². The molecule has 0 radical (unpaired) electrons. The number of rotatable bonds is 7. The van der Waals surface area contributed by atoms with Crippen LogP contribution in [0.15, 0.2) is 82.8 Å². The van der Waals surface area contributed by atoms with Crippen molar-refractivity contribution < 1.29 is 19.1 Å². The molecule has 1 aromatic heterocycles. The van der Waals surface area contributed by atoms with E-state index in [2.05, 4.69) is 9.36 Å². The number of nitrogens with two attached hydrogens (primary N) is 1. The largest absolute Gasteiger partial charge is 0.516 e. The van der Waals surface area contributed by atoms with Crippen molar-refractivity contribution in [2.75, 3.05) is 11.5 Å². The average molecular weight is 513 g/mol. The molecule has 174 valence electrons. The summed E-state index contributed by atoms with van der Waals surface area (Å²) >= 11 is 4.31. The molecule has 0 spiro atoms. The van der Waals surface area contributed by atoms with E-state index in [1.54, 1.807) is 11.8 Å². The quantitative estimate of drug-likeness (QED) is 0.285. The van der Waals surface area contributed by atoms with Gasteiger partial charge in [0, 0.05) is 17.1 Å². The number of β-lactam (4-membered cyclic amide) rings is 1. The van der Waals surface area contributed by atoms with Gasteiger partial charge in [-0.15, -0.1) is 11.8 Å². The lowest BCUT2D eigenvalue weighted by molar-refractivity contribution is -0.144. The van der Waals surface area contributed by atoms with Crippen LogP contribution >= 0.6 is 35.1 Å². The third-order valence-electron chi connectivity index (χ3n) is 5.34. The van der Waals surface area contributed by atoms with E-state index in [0.29, 0.717) is 11.5 Å². The molecular weight excluding hydrogens is 492 g/mol. The fraction of sp³-hybridized carbons (Fsp3) is 0.217. The number of carbonyl (C=O) groups excluding carboxylic acids is 2. The molecule has 0 aliphatic carbocycles. The molecule has 2 aliphatic heterocycles. The number of thioether (sulfide) groups is 2. The number of benzene rings is 2. The molecule has 1 fully saturated rings. The number of aromatic nitrogens is 2. The van der Waals surface area contributed by atoms with Crippen molar-refractivity contribution in [1.29, 1.82) is 0 Å². The Morgan fingerprint density at radius 2 is 1.82 bits per heavy atom. The predicted octanol–water partition coefficient (Wildman–Crippen LogP) is 4.03. The zero-order valence-electron chi connectivity index (χ0n) is 17.8. The van der Waals surface area contributed by atoms with Gasteiger partial charge in [0.15, 0.2) is 10.4 Å². The summed E-state index contributed by atoms with van der Waals surface area (Å²) < 4.78 is 16.3. The minimum absolute atomic E-state index is 0.206. The Labute approximate surface area is 208 Å². The van der Waals surface area contributed by atoms with E-state index >= 15 is 0 Å². The van der Waals surface area contributed by atoms with Crippen molar-refractivity contribution in [2.24, 2.45) is 5.73 Å². The maximum Gasteiger partial charge on any atom is 0.516 e. The predicted molar refractivity (Wildman–Crippen MR) is 131 cm³/mol. The summed E-state index contributed by atoms with van der Waals surface area (Å²) in [6, 6.07) is 18.3. The van der Waals surface area contributed by atoms with Crippen LogP contribution in [-0.4, -0.2) is 49.2 Å². The lowest BCUT2D eigenvalue weighted by Gasteiger charge is -2.47. The molecule has 3 heterocycles. The van der Waals surface area contributed by atoms with Gasteiger partial charge in [0.2, 0.25) is 11.8 Å². The highest BCUT2D eigenvalue weighted by atomic mass is 32.2. The Balaban J connectivity index is 1.38. The van der Waals surface area contributed by atoms with E-state index in [0.717, 1.165) is 21.0 Å². The second-order valence-electron chi connectivity index (χ2n) is 7.51. The minimum atomic E-state index is -0.884. The van der Waals surface area contributed by atoms with Crippen LogP contribution in [0.1, 0.15) is 17.2 Å². The van der Waals surface area contributed by atoms with E-state index in [1.807, 2.05) is 60.7 Å². The molecule has 34 heavy (non-hydrogen) atoms. The summed E-state index contributed by atoms with van der Waals surface area (Å²) in [5, 5.41) is -0.260. The molecule has 0 saturated carbocycles. The summed E-state index contributed by atoms with van der Waals surface area (Å²) in [6.07, 6.45) is -0.0459. The van der Waals surface area contributed by atoms with Crippen molar-refractivity contribution in [3.63, 3.8) is 0 Å². The van der Waals surface area contributed by atoms with Crippen molar-refractivity contribution in [2.45, 2.75) is 21.9 Å². The second-order valence-corrected chi connectivity index (χ2v) is 10.6. The van der Waals surface area contributed by atoms with Crippen molar-refractivity contribution in [3.8, 4) is 0 Å².